The van der Waals surface area contributed by atoms with Crippen LogP contribution in [0.25, 0.3) is 0 Å². The molecule has 1 N–H and O–H groups in total. The molecule has 9 nitrogen and oxygen atoms in total. The number of rotatable bonds is 7. The smallest absolute Gasteiger partial charge is 0.338 e. The van der Waals surface area contributed by atoms with Gasteiger partial charge in [-0.15, -0.1) is 0 Å². The number of carbonyl (C=O) groups is 4. The minimum atomic E-state index is -0.922. The number of thiazole rings is 1. The maximum absolute atomic E-state index is 14.1. The minimum Gasteiger partial charge on any atom is -0.462 e. The number of esters is 1. The molecular weight excluding hydrogens is 657 g/mol. The van der Waals surface area contributed by atoms with E-state index in [0.717, 1.165) is 33.6 Å². The zero-order valence-electron chi connectivity index (χ0n) is 23.9. The minimum absolute atomic E-state index is 0.209. The molecule has 0 unspecified atom stereocenters. The fourth-order valence-electron chi connectivity index (χ4n) is 5.61. The maximum atomic E-state index is 14.1. The first kappa shape index (κ1) is 31.1. The van der Waals surface area contributed by atoms with Crippen molar-refractivity contribution < 1.29 is 23.9 Å². The van der Waals surface area contributed by atoms with Crippen LogP contribution in [0.2, 0.25) is 10.0 Å². The van der Waals surface area contributed by atoms with Gasteiger partial charge in [-0.1, -0.05) is 76.6 Å². The van der Waals surface area contributed by atoms with Crippen LogP contribution in [-0.2, 0) is 25.7 Å². The Labute approximate surface area is 276 Å². The van der Waals surface area contributed by atoms with Crippen LogP contribution in [-0.4, -0.2) is 40.1 Å². The number of hydrogen-bond donors (Lipinski definition) is 1. The average Bonchev–Trinajstić information content (AvgIpc) is 3.46. The van der Waals surface area contributed by atoms with Crippen LogP contribution in [0.4, 0.5) is 11.4 Å². The van der Waals surface area contributed by atoms with Crippen molar-refractivity contribution in [2.24, 2.45) is 5.92 Å². The lowest BCUT2D eigenvalue weighted by atomic mass is 9.83. The van der Waals surface area contributed by atoms with E-state index in [9.17, 15) is 24.0 Å². The van der Waals surface area contributed by atoms with Crippen LogP contribution >= 0.6 is 46.3 Å². The van der Waals surface area contributed by atoms with E-state index in [-0.39, 0.29) is 28.8 Å². The summed E-state index contributed by atoms with van der Waals surface area (Å²) in [6.07, 6.45) is 0. The van der Waals surface area contributed by atoms with Crippen molar-refractivity contribution in [2.75, 3.05) is 16.8 Å². The van der Waals surface area contributed by atoms with Crippen molar-refractivity contribution in [3.8, 4) is 0 Å². The quantitative estimate of drug-likeness (QED) is 0.184. The number of carbonyl (C=O) groups excluding carboxylic acids is 4. The highest BCUT2D eigenvalue weighted by Gasteiger charge is 2.57. The average molecular weight is 683 g/mol. The largest absolute Gasteiger partial charge is 0.462 e. The number of aryl methyl sites for hydroxylation is 1. The van der Waals surface area contributed by atoms with E-state index in [0.29, 0.717) is 26.8 Å². The second-order valence-corrected chi connectivity index (χ2v) is 13.4. The molecule has 3 atom stereocenters. The number of amides is 3. The maximum Gasteiger partial charge on any atom is 0.338 e. The molecule has 230 valence electrons. The van der Waals surface area contributed by atoms with Gasteiger partial charge in [-0.05, 0) is 61.4 Å². The van der Waals surface area contributed by atoms with Crippen molar-refractivity contribution in [1.82, 2.24) is 4.57 Å². The summed E-state index contributed by atoms with van der Waals surface area (Å²) in [6.45, 7) is 3.48. The summed E-state index contributed by atoms with van der Waals surface area (Å²) in [4.78, 5) is 68.1. The van der Waals surface area contributed by atoms with Gasteiger partial charge >= 0.3 is 10.8 Å². The van der Waals surface area contributed by atoms with E-state index in [1.165, 1.54) is 28.8 Å². The van der Waals surface area contributed by atoms with E-state index in [1.54, 1.807) is 37.3 Å². The van der Waals surface area contributed by atoms with Gasteiger partial charge in [0, 0.05) is 16.5 Å². The molecule has 3 amide bonds. The standard InChI is InChI=1S/C32H25Cl2N3O6S2/c1-3-43-31(41)17-11-13-18(14-12-17)37-28(39)24-23(19-8-6-9-20(33)25(19)34)27-30(44-26(24)29(37)40)36(32(42)45-27)15-22(38)35-21-10-5-4-7-16(21)2/h4-14,23-24,26H,3,15H2,1-2H3,(H,35,38)/t23-,24-,26+/m0/s1. The number of imide groups is 1. The highest BCUT2D eigenvalue weighted by atomic mass is 35.5. The first-order chi connectivity index (χ1) is 21.6. The molecule has 2 aliphatic rings. The molecule has 1 fully saturated rings. The van der Waals surface area contributed by atoms with Crippen LogP contribution in [0.1, 0.15) is 39.2 Å². The Morgan fingerprint density at radius 1 is 0.956 bits per heavy atom. The predicted molar refractivity (Wildman–Crippen MR) is 175 cm³/mol. The van der Waals surface area contributed by atoms with Crippen molar-refractivity contribution in [3.05, 3.63) is 108 Å². The topological polar surface area (TPSA) is 115 Å². The van der Waals surface area contributed by atoms with E-state index < -0.39 is 45.6 Å². The molecule has 0 spiro atoms. The zero-order chi connectivity index (χ0) is 32.0. The fourth-order valence-corrected chi connectivity index (χ4v) is 8.80. The predicted octanol–water partition coefficient (Wildman–Crippen LogP) is 6.14. The molecule has 6 rings (SSSR count). The number of fused-ring (bicyclic) bond motifs is 2. The first-order valence-corrected chi connectivity index (χ1v) is 16.4. The van der Waals surface area contributed by atoms with Gasteiger partial charge in [0.1, 0.15) is 11.8 Å². The van der Waals surface area contributed by atoms with Crippen molar-refractivity contribution in [3.63, 3.8) is 0 Å². The molecule has 1 saturated heterocycles. The zero-order valence-corrected chi connectivity index (χ0v) is 27.1. The number of thioether (sulfide) groups is 1. The molecule has 0 bridgehead atoms. The highest BCUT2D eigenvalue weighted by Crippen LogP contribution is 2.55. The lowest BCUT2D eigenvalue weighted by molar-refractivity contribution is -0.122. The van der Waals surface area contributed by atoms with Gasteiger partial charge < -0.3 is 10.1 Å². The Hall–Kier alpha value is -3.90. The lowest BCUT2D eigenvalue weighted by Gasteiger charge is -2.31. The number of aromatic nitrogens is 1. The number of hydrogen-bond acceptors (Lipinski definition) is 8. The molecule has 4 aromatic rings. The van der Waals surface area contributed by atoms with E-state index in [2.05, 4.69) is 5.32 Å². The van der Waals surface area contributed by atoms with E-state index in [4.69, 9.17) is 27.9 Å². The monoisotopic (exact) mass is 681 g/mol. The Bertz CT molecular complexity index is 1920. The van der Waals surface area contributed by atoms with Crippen LogP contribution in [0.15, 0.2) is 76.6 Å². The summed E-state index contributed by atoms with van der Waals surface area (Å²) in [5.41, 5.74) is 2.56. The Morgan fingerprint density at radius 2 is 1.69 bits per heavy atom. The normalized spacial score (nSPS) is 18.8. The van der Waals surface area contributed by atoms with Gasteiger partial charge in [0.25, 0.3) is 0 Å². The van der Waals surface area contributed by atoms with Gasteiger partial charge in [0.15, 0.2) is 0 Å². The molecule has 0 radical (unpaired) electrons. The van der Waals surface area contributed by atoms with Crippen molar-refractivity contribution in [1.29, 1.82) is 0 Å². The van der Waals surface area contributed by atoms with Gasteiger partial charge in [-0.3, -0.25) is 23.7 Å². The van der Waals surface area contributed by atoms with Gasteiger partial charge in [0.2, 0.25) is 17.7 Å². The Morgan fingerprint density at radius 3 is 2.40 bits per heavy atom. The van der Waals surface area contributed by atoms with Crippen LogP contribution < -0.4 is 15.1 Å². The number of anilines is 2. The third kappa shape index (κ3) is 5.58. The Kier molecular flexibility index (Phi) is 8.62. The highest BCUT2D eigenvalue weighted by molar-refractivity contribution is 8.00. The van der Waals surface area contributed by atoms with E-state index in [1.807, 2.05) is 19.1 Å². The Balaban J connectivity index is 1.40. The number of benzene rings is 3. The molecule has 0 aliphatic carbocycles. The molecule has 13 heteroatoms. The van der Waals surface area contributed by atoms with Gasteiger partial charge in [0.05, 0.1) is 38.8 Å². The summed E-state index contributed by atoms with van der Waals surface area (Å²) < 4.78 is 6.38. The van der Waals surface area contributed by atoms with Gasteiger partial charge in [-0.2, -0.15) is 0 Å². The number of nitrogens with zero attached hydrogens (tertiary/aromatic N) is 2. The first-order valence-electron chi connectivity index (χ1n) is 13.9. The van der Waals surface area contributed by atoms with Crippen molar-refractivity contribution in [2.45, 2.75) is 36.6 Å². The molecule has 2 aliphatic heterocycles. The molecule has 3 heterocycles. The fraction of sp³-hybridized carbons (Fsp3) is 0.219. The molecule has 0 saturated carbocycles. The second-order valence-electron chi connectivity index (χ2n) is 10.5. The van der Waals surface area contributed by atoms with Crippen molar-refractivity contribution >= 4 is 81.4 Å². The SMILES string of the molecule is CCOC(=O)c1ccc(N2C(=O)[C@H]3[C@H](c4cccc(Cl)c4Cl)c4sc(=O)n(CC(=O)Nc5ccccc5C)c4S[C@H]3C2=O)cc1. The summed E-state index contributed by atoms with van der Waals surface area (Å²) in [5.74, 6) is -3.58. The second kappa shape index (κ2) is 12.5. The summed E-state index contributed by atoms with van der Waals surface area (Å²) in [6, 6.07) is 18.4. The summed E-state index contributed by atoms with van der Waals surface area (Å²) in [5, 5.41) is 2.82. The summed E-state index contributed by atoms with van der Waals surface area (Å²) >= 11 is 15.1. The van der Waals surface area contributed by atoms with Crippen LogP contribution in [0.3, 0.4) is 0 Å². The molecule has 45 heavy (non-hydrogen) atoms. The lowest BCUT2D eigenvalue weighted by Crippen LogP contribution is -2.33. The molecule has 3 aromatic carbocycles. The van der Waals surface area contributed by atoms with Gasteiger partial charge in [-0.25, -0.2) is 9.69 Å². The van der Waals surface area contributed by atoms with E-state index >= 15 is 0 Å². The number of ether oxygens (including phenoxy) is 1. The number of nitrogens with one attached hydrogen (secondary N) is 1. The third-order valence-corrected chi connectivity index (χ3v) is 11.2. The van der Waals surface area contributed by atoms with Crippen LogP contribution in [0.5, 0.6) is 0 Å². The third-order valence-electron chi connectivity index (χ3n) is 7.72. The van der Waals surface area contributed by atoms with Crippen LogP contribution in [0, 0.1) is 12.8 Å². The number of halogens is 2. The molecular formula is C32H25Cl2N3O6S2. The molecule has 1 aromatic heterocycles. The summed E-state index contributed by atoms with van der Waals surface area (Å²) in [7, 11) is 0. The number of para-hydroxylation sites is 1.